The molecule has 1 aliphatic rings. The number of carbonyl (C=O) groups excluding carboxylic acids is 1. The van der Waals surface area contributed by atoms with Crippen molar-refractivity contribution in [1.82, 2.24) is 5.32 Å². The first-order valence-electron chi connectivity index (χ1n) is 7.07. The number of rotatable bonds is 3. The van der Waals surface area contributed by atoms with Gasteiger partial charge in [0.05, 0.1) is 12.2 Å². The predicted molar refractivity (Wildman–Crippen MR) is 85.6 cm³/mol. The third kappa shape index (κ3) is 3.30. The molecule has 0 aliphatic carbocycles. The van der Waals surface area contributed by atoms with E-state index in [1.807, 2.05) is 24.3 Å². The van der Waals surface area contributed by atoms with Crippen molar-refractivity contribution in [1.29, 1.82) is 0 Å². The lowest BCUT2D eigenvalue weighted by Gasteiger charge is -2.25. The van der Waals surface area contributed by atoms with E-state index >= 15 is 0 Å². The molecule has 5 heteroatoms. The predicted octanol–water partition coefficient (Wildman–Crippen LogP) is 3.57. The summed E-state index contributed by atoms with van der Waals surface area (Å²) in [6.07, 6.45) is 0.847. The van der Waals surface area contributed by atoms with E-state index in [4.69, 9.17) is 4.74 Å². The van der Waals surface area contributed by atoms with Crippen molar-refractivity contribution in [3.63, 3.8) is 0 Å². The van der Waals surface area contributed by atoms with Crippen molar-refractivity contribution >= 4 is 21.8 Å². The summed E-state index contributed by atoms with van der Waals surface area (Å²) in [5.41, 5.74) is 1.20. The van der Waals surface area contributed by atoms with Crippen molar-refractivity contribution in [2.24, 2.45) is 5.92 Å². The second-order valence-corrected chi connectivity index (χ2v) is 6.24. The third-order valence-electron chi connectivity index (χ3n) is 3.68. The summed E-state index contributed by atoms with van der Waals surface area (Å²) in [7, 11) is 0. The van der Waals surface area contributed by atoms with Crippen molar-refractivity contribution < 1.29 is 13.9 Å². The van der Waals surface area contributed by atoms with Gasteiger partial charge in [-0.05, 0) is 36.2 Å². The van der Waals surface area contributed by atoms with Crippen LogP contribution in [0.25, 0.3) is 0 Å². The van der Waals surface area contributed by atoms with E-state index in [9.17, 15) is 9.18 Å². The normalized spacial score (nSPS) is 16.5. The molecule has 22 heavy (non-hydrogen) atoms. The van der Waals surface area contributed by atoms with Crippen LogP contribution < -0.4 is 10.1 Å². The Morgan fingerprint density at radius 2 is 2.14 bits per heavy atom. The Balaban J connectivity index is 1.60. The fourth-order valence-corrected chi connectivity index (χ4v) is 2.86. The van der Waals surface area contributed by atoms with Crippen LogP contribution in [0.5, 0.6) is 5.75 Å². The van der Waals surface area contributed by atoms with Gasteiger partial charge in [-0.15, -0.1) is 0 Å². The van der Waals surface area contributed by atoms with E-state index < -0.39 is 11.7 Å². The zero-order valence-electron chi connectivity index (χ0n) is 11.8. The number of benzene rings is 2. The highest BCUT2D eigenvalue weighted by molar-refractivity contribution is 9.10. The van der Waals surface area contributed by atoms with Crippen molar-refractivity contribution in [2.75, 3.05) is 13.2 Å². The molecule has 1 amide bonds. The number of carbonyl (C=O) groups is 1. The maximum absolute atomic E-state index is 13.7. The van der Waals surface area contributed by atoms with E-state index in [0.717, 1.165) is 17.7 Å². The minimum Gasteiger partial charge on any atom is -0.493 e. The number of halogens is 2. The molecule has 0 spiro atoms. The minimum atomic E-state index is -0.530. The molecule has 3 nitrogen and oxygen atoms in total. The second-order valence-electron chi connectivity index (χ2n) is 5.32. The number of nitrogens with one attached hydrogen (secondary N) is 1. The van der Waals surface area contributed by atoms with Gasteiger partial charge in [-0.2, -0.15) is 0 Å². The lowest BCUT2D eigenvalue weighted by atomic mass is 9.96. The summed E-state index contributed by atoms with van der Waals surface area (Å²) in [6, 6.07) is 12.3. The number of fused-ring (bicyclic) bond motifs is 1. The quantitative estimate of drug-likeness (QED) is 0.905. The van der Waals surface area contributed by atoms with Crippen LogP contribution in [0.15, 0.2) is 46.9 Å². The number of hydrogen-bond donors (Lipinski definition) is 1. The van der Waals surface area contributed by atoms with Gasteiger partial charge in [0.2, 0.25) is 0 Å². The first-order chi connectivity index (χ1) is 10.6. The molecule has 0 saturated heterocycles. The summed E-state index contributed by atoms with van der Waals surface area (Å²) in [4.78, 5) is 12.1. The molecule has 0 fully saturated rings. The average molecular weight is 364 g/mol. The Kier molecular flexibility index (Phi) is 4.43. The zero-order valence-corrected chi connectivity index (χ0v) is 13.4. The van der Waals surface area contributed by atoms with E-state index in [-0.39, 0.29) is 11.5 Å². The monoisotopic (exact) mass is 363 g/mol. The minimum absolute atomic E-state index is 0.0559. The molecule has 1 N–H and O–H groups in total. The molecule has 1 atom stereocenters. The molecular formula is C17H15BrFNO2. The molecule has 0 radical (unpaired) electrons. The highest BCUT2D eigenvalue weighted by atomic mass is 79.9. The molecule has 1 aliphatic heterocycles. The van der Waals surface area contributed by atoms with Gasteiger partial charge in [0.25, 0.3) is 5.91 Å². The van der Waals surface area contributed by atoms with Crippen molar-refractivity contribution in [3.8, 4) is 5.75 Å². The summed E-state index contributed by atoms with van der Waals surface area (Å²) >= 11 is 3.17. The third-order valence-corrected chi connectivity index (χ3v) is 4.18. The summed E-state index contributed by atoms with van der Waals surface area (Å²) in [6.45, 7) is 1.02. The Morgan fingerprint density at radius 1 is 1.32 bits per heavy atom. The Labute approximate surface area is 136 Å². The first-order valence-corrected chi connectivity index (χ1v) is 7.87. The summed E-state index contributed by atoms with van der Waals surface area (Å²) in [5, 5.41) is 2.79. The molecule has 3 rings (SSSR count). The van der Waals surface area contributed by atoms with Crippen LogP contribution in [0.1, 0.15) is 15.9 Å². The molecule has 1 unspecified atom stereocenters. The van der Waals surface area contributed by atoms with Crippen LogP contribution in [-0.4, -0.2) is 19.1 Å². The Bertz CT molecular complexity index is 705. The second kappa shape index (κ2) is 6.48. The van der Waals surface area contributed by atoms with Gasteiger partial charge in [0.1, 0.15) is 11.6 Å². The van der Waals surface area contributed by atoms with Crippen LogP contribution >= 0.6 is 15.9 Å². The molecule has 2 aromatic rings. The van der Waals surface area contributed by atoms with Gasteiger partial charge in [0.15, 0.2) is 0 Å². The Hall–Kier alpha value is -1.88. The lowest BCUT2D eigenvalue weighted by Crippen LogP contribution is -2.35. The fourth-order valence-electron chi connectivity index (χ4n) is 2.53. The molecule has 1 heterocycles. The van der Waals surface area contributed by atoms with Crippen LogP contribution in [0.2, 0.25) is 0 Å². The van der Waals surface area contributed by atoms with Crippen LogP contribution in [-0.2, 0) is 6.42 Å². The van der Waals surface area contributed by atoms with Gasteiger partial charge in [-0.1, -0.05) is 34.1 Å². The van der Waals surface area contributed by atoms with Crippen LogP contribution in [0.4, 0.5) is 4.39 Å². The molecule has 2 aromatic carbocycles. The van der Waals surface area contributed by atoms with E-state index in [1.165, 1.54) is 12.1 Å². The lowest BCUT2D eigenvalue weighted by molar-refractivity contribution is 0.0935. The van der Waals surface area contributed by atoms with Crippen molar-refractivity contribution in [3.05, 3.63) is 63.9 Å². The molecule has 0 aromatic heterocycles. The van der Waals surface area contributed by atoms with Crippen molar-refractivity contribution in [2.45, 2.75) is 6.42 Å². The van der Waals surface area contributed by atoms with Gasteiger partial charge in [-0.3, -0.25) is 4.79 Å². The van der Waals surface area contributed by atoms with Crippen LogP contribution in [0.3, 0.4) is 0 Å². The largest absolute Gasteiger partial charge is 0.493 e. The number of ether oxygens (including phenoxy) is 1. The maximum Gasteiger partial charge on any atom is 0.254 e. The van der Waals surface area contributed by atoms with Gasteiger partial charge in [0, 0.05) is 16.9 Å². The fraction of sp³-hybridized carbons (Fsp3) is 0.235. The SMILES string of the molecule is O=C(NCC1COc2ccccc2C1)c1ccc(Br)cc1F. The van der Waals surface area contributed by atoms with E-state index in [2.05, 4.69) is 21.2 Å². The smallest absolute Gasteiger partial charge is 0.254 e. The molecule has 114 valence electrons. The van der Waals surface area contributed by atoms with E-state index in [1.54, 1.807) is 6.07 Å². The van der Waals surface area contributed by atoms with Gasteiger partial charge < -0.3 is 10.1 Å². The number of hydrogen-bond acceptors (Lipinski definition) is 2. The molecule has 0 bridgehead atoms. The average Bonchev–Trinajstić information content (AvgIpc) is 2.52. The van der Waals surface area contributed by atoms with Crippen LogP contribution in [0, 0.1) is 11.7 Å². The zero-order chi connectivity index (χ0) is 15.5. The van der Waals surface area contributed by atoms with Gasteiger partial charge >= 0.3 is 0 Å². The topological polar surface area (TPSA) is 38.3 Å². The van der Waals surface area contributed by atoms with Gasteiger partial charge in [-0.25, -0.2) is 4.39 Å². The summed E-state index contributed by atoms with van der Waals surface area (Å²) in [5.74, 6) is 0.169. The first kappa shape index (κ1) is 15.0. The maximum atomic E-state index is 13.7. The standard InChI is InChI=1S/C17H15BrFNO2/c18-13-5-6-14(15(19)8-13)17(21)20-9-11-7-12-3-1-2-4-16(12)22-10-11/h1-6,8,11H,7,9-10H2,(H,20,21). The molecule has 0 saturated carbocycles. The Morgan fingerprint density at radius 3 is 2.95 bits per heavy atom. The number of amides is 1. The summed E-state index contributed by atoms with van der Waals surface area (Å²) < 4.78 is 20.0. The highest BCUT2D eigenvalue weighted by Crippen LogP contribution is 2.26. The molecular weight excluding hydrogens is 349 g/mol. The highest BCUT2D eigenvalue weighted by Gasteiger charge is 2.21. The van der Waals surface area contributed by atoms with E-state index in [0.29, 0.717) is 17.6 Å². The number of para-hydroxylation sites is 1.